The average molecular weight is 232 g/mol. The van der Waals surface area contributed by atoms with Crippen molar-refractivity contribution in [1.29, 1.82) is 0 Å². The van der Waals surface area contributed by atoms with Crippen LogP contribution in [-0.2, 0) is 6.42 Å². The largest absolute Gasteiger partial charge is 0.0836 e. The van der Waals surface area contributed by atoms with Gasteiger partial charge in [0.2, 0.25) is 0 Å². The molecule has 4 rings (SSSR count). The molecular formula is C18H16. The third-order valence-corrected chi connectivity index (χ3v) is 4.25. The fraction of sp³-hybridized carbons (Fsp3) is 0.222. The van der Waals surface area contributed by atoms with Gasteiger partial charge in [0, 0.05) is 0 Å². The molecule has 0 heteroatoms. The van der Waals surface area contributed by atoms with Crippen molar-refractivity contribution < 1.29 is 0 Å². The lowest BCUT2D eigenvalue weighted by Crippen LogP contribution is -1.88. The van der Waals surface area contributed by atoms with Crippen molar-refractivity contribution in [2.75, 3.05) is 0 Å². The maximum atomic E-state index is 2.32. The summed E-state index contributed by atoms with van der Waals surface area (Å²) < 4.78 is 0. The van der Waals surface area contributed by atoms with Crippen LogP contribution in [0, 0.1) is 6.92 Å². The van der Waals surface area contributed by atoms with Crippen LogP contribution in [0.4, 0.5) is 0 Å². The summed E-state index contributed by atoms with van der Waals surface area (Å²) in [7, 11) is 0. The summed E-state index contributed by atoms with van der Waals surface area (Å²) in [6.07, 6.45) is 8.26. The third kappa shape index (κ3) is 1.32. The Labute approximate surface area is 108 Å². The zero-order valence-electron chi connectivity index (χ0n) is 10.7. The average Bonchev–Trinajstić information content (AvgIpc) is 2.77. The molecule has 18 heavy (non-hydrogen) atoms. The smallest absolute Gasteiger partial charge is 0.00454 e. The van der Waals surface area contributed by atoms with Crippen molar-refractivity contribution in [2.45, 2.75) is 26.2 Å². The molecule has 2 aromatic rings. The third-order valence-electron chi connectivity index (χ3n) is 4.25. The second-order valence-electron chi connectivity index (χ2n) is 5.45. The highest BCUT2D eigenvalue weighted by Crippen LogP contribution is 2.41. The van der Waals surface area contributed by atoms with Gasteiger partial charge >= 0.3 is 0 Å². The van der Waals surface area contributed by atoms with Crippen LogP contribution < -0.4 is 0 Å². The Morgan fingerprint density at radius 1 is 1.06 bits per heavy atom. The molecule has 0 heterocycles. The lowest BCUT2D eigenvalue weighted by Gasteiger charge is -2.08. The van der Waals surface area contributed by atoms with E-state index in [9.17, 15) is 0 Å². The molecule has 0 bridgehead atoms. The number of fused-ring (bicyclic) bond motifs is 4. The topological polar surface area (TPSA) is 0 Å². The minimum absolute atomic E-state index is 1.16. The first kappa shape index (κ1) is 10.1. The Morgan fingerprint density at radius 3 is 2.94 bits per heavy atom. The minimum Gasteiger partial charge on any atom is -0.0836 e. The number of allylic oxidation sites excluding steroid dienone is 4. The van der Waals surface area contributed by atoms with Crippen molar-refractivity contribution in [3.05, 3.63) is 64.7 Å². The van der Waals surface area contributed by atoms with E-state index in [1.165, 1.54) is 40.3 Å². The molecule has 0 nitrogen and oxygen atoms in total. The summed E-state index contributed by atoms with van der Waals surface area (Å²) in [6, 6.07) is 11.4. The van der Waals surface area contributed by atoms with Crippen LogP contribution in [0.15, 0.2) is 48.1 Å². The summed E-state index contributed by atoms with van der Waals surface area (Å²) >= 11 is 0. The Morgan fingerprint density at radius 2 is 2.00 bits per heavy atom. The lowest BCUT2D eigenvalue weighted by atomic mass is 9.96. The van der Waals surface area contributed by atoms with Gasteiger partial charge in [-0.1, -0.05) is 53.6 Å². The summed E-state index contributed by atoms with van der Waals surface area (Å²) in [4.78, 5) is 0. The molecule has 2 aliphatic carbocycles. The van der Waals surface area contributed by atoms with Gasteiger partial charge in [-0.05, 0) is 53.7 Å². The highest BCUT2D eigenvalue weighted by atomic mass is 14.3. The Hall–Kier alpha value is -1.82. The van der Waals surface area contributed by atoms with E-state index in [0.29, 0.717) is 0 Å². The van der Waals surface area contributed by atoms with Crippen LogP contribution in [0.25, 0.3) is 16.3 Å². The first-order chi connectivity index (χ1) is 8.83. The van der Waals surface area contributed by atoms with Gasteiger partial charge in [-0.2, -0.15) is 0 Å². The van der Waals surface area contributed by atoms with Gasteiger partial charge in [-0.3, -0.25) is 0 Å². The highest BCUT2D eigenvalue weighted by Gasteiger charge is 2.22. The molecule has 0 saturated heterocycles. The molecule has 0 fully saturated rings. The molecule has 0 saturated carbocycles. The number of benzene rings is 2. The van der Waals surface area contributed by atoms with E-state index in [-0.39, 0.29) is 0 Å². The fourth-order valence-corrected chi connectivity index (χ4v) is 3.34. The SMILES string of the molecule is Cc1ccc2c3c(ccc2c1)C1=C(CCC=C1)C3. The van der Waals surface area contributed by atoms with E-state index in [1.807, 2.05) is 0 Å². The van der Waals surface area contributed by atoms with Crippen LogP contribution in [0.1, 0.15) is 29.5 Å². The van der Waals surface area contributed by atoms with Crippen molar-refractivity contribution in [3.8, 4) is 0 Å². The van der Waals surface area contributed by atoms with Crippen LogP contribution in [0.5, 0.6) is 0 Å². The predicted octanol–water partition coefficient (Wildman–Crippen LogP) is 4.81. The zero-order valence-corrected chi connectivity index (χ0v) is 10.7. The lowest BCUT2D eigenvalue weighted by molar-refractivity contribution is 0.937. The first-order valence-corrected chi connectivity index (χ1v) is 6.74. The van der Waals surface area contributed by atoms with Crippen molar-refractivity contribution >= 4 is 16.3 Å². The summed E-state index contributed by atoms with van der Waals surface area (Å²) in [5, 5.41) is 2.83. The van der Waals surface area contributed by atoms with Gasteiger partial charge in [0.1, 0.15) is 0 Å². The van der Waals surface area contributed by atoms with E-state index < -0.39 is 0 Å². The molecule has 0 atom stereocenters. The zero-order chi connectivity index (χ0) is 12.1. The molecule has 2 aliphatic rings. The summed E-state index contributed by atoms with van der Waals surface area (Å²) in [5.74, 6) is 0. The fourth-order valence-electron chi connectivity index (χ4n) is 3.34. The molecule has 0 spiro atoms. The Balaban J connectivity index is 1.99. The normalized spacial score (nSPS) is 17.2. The molecular weight excluding hydrogens is 216 g/mol. The molecule has 0 radical (unpaired) electrons. The van der Waals surface area contributed by atoms with Gasteiger partial charge < -0.3 is 0 Å². The molecule has 0 unspecified atom stereocenters. The quantitative estimate of drug-likeness (QED) is 0.611. The molecule has 0 amide bonds. The standard InChI is InChI=1S/C18H16/c1-12-6-8-16-14(10-12)7-9-17-15-5-3-2-4-13(15)11-18(16)17/h3,5-10H,2,4,11H2,1H3. The van der Waals surface area contributed by atoms with Gasteiger partial charge in [0.15, 0.2) is 0 Å². The first-order valence-electron chi connectivity index (χ1n) is 6.74. The molecule has 2 aromatic carbocycles. The number of rotatable bonds is 0. The monoisotopic (exact) mass is 232 g/mol. The van der Waals surface area contributed by atoms with Gasteiger partial charge in [-0.15, -0.1) is 0 Å². The van der Waals surface area contributed by atoms with E-state index in [4.69, 9.17) is 0 Å². The Bertz CT molecular complexity index is 714. The van der Waals surface area contributed by atoms with Gasteiger partial charge in [-0.25, -0.2) is 0 Å². The molecule has 0 aliphatic heterocycles. The number of hydrogen-bond donors (Lipinski definition) is 0. The van der Waals surface area contributed by atoms with Crippen molar-refractivity contribution in [2.24, 2.45) is 0 Å². The van der Waals surface area contributed by atoms with Gasteiger partial charge in [0.25, 0.3) is 0 Å². The maximum absolute atomic E-state index is 2.32. The van der Waals surface area contributed by atoms with E-state index in [1.54, 1.807) is 11.1 Å². The maximum Gasteiger partial charge on any atom is -0.00454 e. The summed E-state index contributed by atoms with van der Waals surface area (Å²) in [6.45, 7) is 2.17. The summed E-state index contributed by atoms with van der Waals surface area (Å²) in [5.41, 5.74) is 7.50. The molecule has 0 N–H and O–H groups in total. The second-order valence-corrected chi connectivity index (χ2v) is 5.45. The Kier molecular flexibility index (Phi) is 2.02. The van der Waals surface area contributed by atoms with E-state index in [2.05, 4.69) is 49.4 Å². The van der Waals surface area contributed by atoms with Crippen LogP contribution in [0.3, 0.4) is 0 Å². The van der Waals surface area contributed by atoms with Crippen LogP contribution in [-0.4, -0.2) is 0 Å². The second kappa shape index (κ2) is 3.58. The van der Waals surface area contributed by atoms with Crippen LogP contribution in [0.2, 0.25) is 0 Å². The predicted molar refractivity (Wildman–Crippen MR) is 77.7 cm³/mol. The molecule has 0 aromatic heterocycles. The van der Waals surface area contributed by atoms with E-state index >= 15 is 0 Å². The van der Waals surface area contributed by atoms with Crippen LogP contribution >= 0.6 is 0 Å². The van der Waals surface area contributed by atoms with Gasteiger partial charge in [0.05, 0.1) is 0 Å². The highest BCUT2D eigenvalue weighted by molar-refractivity contribution is 5.96. The molecule has 88 valence electrons. The van der Waals surface area contributed by atoms with E-state index in [0.717, 1.165) is 6.42 Å². The number of aryl methyl sites for hydroxylation is 1. The number of hydrogen-bond acceptors (Lipinski definition) is 0. The van der Waals surface area contributed by atoms with Crippen molar-refractivity contribution in [3.63, 3.8) is 0 Å². The minimum atomic E-state index is 1.16. The van der Waals surface area contributed by atoms with Crippen molar-refractivity contribution in [1.82, 2.24) is 0 Å².